The molecule has 0 fully saturated rings. The Morgan fingerprint density at radius 2 is 2.18 bits per heavy atom. The number of anilines is 2. The summed E-state index contributed by atoms with van der Waals surface area (Å²) in [5.74, 6) is 0.526. The maximum absolute atomic E-state index is 11.8. The maximum Gasteiger partial charge on any atom is 0.270 e. The first-order valence-corrected chi connectivity index (χ1v) is 6.91. The van der Waals surface area contributed by atoms with Gasteiger partial charge in [0.15, 0.2) is 0 Å². The van der Waals surface area contributed by atoms with Crippen molar-refractivity contribution in [3.63, 3.8) is 0 Å². The zero-order chi connectivity index (χ0) is 15.9. The third kappa shape index (κ3) is 3.85. The zero-order valence-corrected chi connectivity index (χ0v) is 12.7. The number of benzene rings is 1. The molecule has 0 atom stereocenters. The van der Waals surface area contributed by atoms with E-state index in [0.29, 0.717) is 12.2 Å². The van der Waals surface area contributed by atoms with Crippen molar-refractivity contribution >= 4 is 17.3 Å². The Bertz CT molecular complexity index is 666. The Balaban J connectivity index is 2.13. The summed E-state index contributed by atoms with van der Waals surface area (Å²) in [5, 5.41) is 5.92. The number of carbonyl (C=O) groups excluding carboxylic acids is 1. The quantitative estimate of drug-likeness (QED) is 0.804. The van der Waals surface area contributed by atoms with Crippen LogP contribution in [0.3, 0.4) is 0 Å². The van der Waals surface area contributed by atoms with Crippen LogP contribution in [-0.2, 0) is 0 Å². The first-order chi connectivity index (χ1) is 10.6. The van der Waals surface area contributed by atoms with Gasteiger partial charge in [0, 0.05) is 6.54 Å². The van der Waals surface area contributed by atoms with Crippen LogP contribution in [0.1, 0.15) is 16.1 Å². The van der Waals surface area contributed by atoms with Crippen molar-refractivity contribution in [1.82, 2.24) is 10.3 Å². The van der Waals surface area contributed by atoms with Crippen molar-refractivity contribution in [2.45, 2.75) is 6.92 Å². The number of ether oxygens (including phenoxy) is 1. The number of aryl methyl sites for hydroxylation is 1. The molecule has 114 valence electrons. The Hall–Kier alpha value is -2.82. The Labute approximate surface area is 130 Å². The van der Waals surface area contributed by atoms with Crippen molar-refractivity contribution in [2.75, 3.05) is 19.0 Å². The molecule has 0 aliphatic carbocycles. The second kappa shape index (κ2) is 7.26. The topological polar surface area (TPSA) is 63.2 Å². The second-order valence-corrected chi connectivity index (χ2v) is 4.76. The Morgan fingerprint density at radius 1 is 1.36 bits per heavy atom. The van der Waals surface area contributed by atoms with Crippen molar-refractivity contribution in [1.29, 1.82) is 0 Å². The molecule has 22 heavy (non-hydrogen) atoms. The molecule has 1 amide bonds. The zero-order valence-electron chi connectivity index (χ0n) is 12.7. The van der Waals surface area contributed by atoms with Crippen molar-refractivity contribution in [2.24, 2.45) is 0 Å². The van der Waals surface area contributed by atoms with E-state index in [2.05, 4.69) is 22.2 Å². The van der Waals surface area contributed by atoms with Gasteiger partial charge in [-0.2, -0.15) is 0 Å². The van der Waals surface area contributed by atoms with Gasteiger partial charge in [0.1, 0.15) is 11.4 Å². The maximum atomic E-state index is 11.8. The fourth-order valence-corrected chi connectivity index (χ4v) is 1.93. The molecule has 5 nitrogen and oxygen atoms in total. The number of nitrogens with zero attached hydrogens (tertiary/aromatic N) is 1. The largest absolute Gasteiger partial charge is 0.495 e. The SMILES string of the molecule is C=CCNC(=O)c1ccc(Nc2cc(C)ccc2OC)cn1. The summed E-state index contributed by atoms with van der Waals surface area (Å²) in [6.45, 7) is 5.98. The molecule has 0 unspecified atom stereocenters. The van der Waals surface area contributed by atoms with Crippen molar-refractivity contribution < 1.29 is 9.53 Å². The van der Waals surface area contributed by atoms with Crippen molar-refractivity contribution in [3.05, 3.63) is 60.4 Å². The molecular weight excluding hydrogens is 278 g/mol. The molecule has 1 aromatic heterocycles. The number of nitrogens with one attached hydrogen (secondary N) is 2. The number of hydrogen-bond acceptors (Lipinski definition) is 4. The van der Waals surface area contributed by atoms with Crippen LogP contribution in [0.15, 0.2) is 49.2 Å². The monoisotopic (exact) mass is 297 g/mol. The van der Waals surface area contributed by atoms with Gasteiger partial charge in [-0.3, -0.25) is 4.79 Å². The van der Waals surface area contributed by atoms with Crippen LogP contribution in [0.2, 0.25) is 0 Å². The fourth-order valence-electron chi connectivity index (χ4n) is 1.93. The van der Waals surface area contributed by atoms with E-state index >= 15 is 0 Å². The lowest BCUT2D eigenvalue weighted by atomic mass is 10.2. The van der Waals surface area contributed by atoms with E-state index in [1.807, 2.05) is 25.1 Å². The van der Waals surface area contributed by atoms with Crippen LogP contribution in [0, 0.1) is 6.92 Å². The number of methoxy groups -OCH3 is 1. The fraction of sp³-hybridized carbons (Fsp3) is 0.176. The van der Waals surface area contributed by atoms with Crippen molar-refractivity contribution in [3.8, 4) is 5.75 Å². The minimum absolute atomic E-state index is 0.223. The van der Waals surface area contributed by atoms with E-state index in [-0.39, 0.29) is 5.91 Å². The van der Waals surface area contributed by atoms with Gasteiger partial charge in [-0.1, -0.05) is 12.1 Å². The molecule has 0 aliphatic heterocycles. The summed E-state index contributed by atoms with van der Waals surface area (Å²) >= 11 is 0. The van der Waals surface area contributed by atoms with E-state index in [4.69, 9.17) is 4.74 Å². The molecule has 2 aromatic rings. The highest BCUT2D eigenvalue weighted by Gasteiger charge is 2.07. The average Bonchev–Trinajstić information content (AvgIpc) is 2.53. The molecule has 1 aromatic carbocycles. The number of aromatic nitrogens is 1. The van der Waals surface area contributed by atoms with E-state index < -0.39 is 0 Å². The third-order valence-corrected chi connectivity index (χ3v) is 3.04. The third-order valence-electron chi connectivity index (χ3n) is 3.04. The minimum atomic E-state index is -0.223. The van der Waals surface area contributed by atoms with E-state index in [0.717, 1.165) is 22.7 Å². The lowest BCUT2D eigenvalue weighted by Crippen LogP contribution is -2.24. The Kier molecular flexibility index (Phi) is 5.14. The summed E-state index contributed by atoms with van der Waals surface area (Å²) in [7, 11) is 1.63. The molecule has 0 bridgehead atoms. The minimum Gasteiger partial charge on any atom is -0.495 e. The van der Waals surface area contributed by atoms with Gasteiger partial charge in [-0.25, -0.2) is 4.98 Å². The van der Waals surface area contributed by atoms with E-state index in [1.54, 1.807) is 31.5 Å². The molecule has 0 aliphatic rings. The standard InChI is InChI=1S/C17H19N3O2/c1-4-9-18-17(21)14-7-6-13(11-19-14)20-15-10-12(2)5-8-16(15)22-3/h4-8,10-11,20H,1,9H2,2-3H3,(H,18,21). The Morgan fingerprint density at radius 3 is 2.82 bits per heavy atom. The van der Waals surface area contributed by atoms with Gasteiger partial charge >= 0.3 is 0 Å². The first-order valence-electron chi connectivity index (χ1n) is 6.91. The normalized spacial score (nSPS) is 9.91. The molecule has 2 rings (SSSR count). The van der Waals surface area contributed by atoms with Gasteiger partial charge in [0.05, 0.1) is 24.7 Å². The van der Waals surface area contributed by atoms with Crippen LogP contribution in [-0.4, -0.2) is 24.5 Å². The number of pyridine rings is 1. The van der Waals surface area contributed by atoms with Gasteiger partial charge in [0.2, 0.25) is 0 Å². The first kappa shape index (κ1) is 15.6. The lowest BCUT2D eigenvalue weighted by molar-refractivity contribution is 0.0953. The van der Waals surface area contributed by atoms with Gasteiger partial charge < -0.3 is 15.4 Å². The smallest absolute Gasteiger partial charge is 0.270 e. The van der Waals surface area contributed by atoms with E-state index in [9.17, 15) is 4.79 Å². The lowest BCUT2D eigenvalue weighted by Gasteiger charge is -2.12. The number of hydrogen-bond donors (Lipinski definition) is 2. The molecule has 1 heterocycles. The molecular formula is C17H19N3O2. The van der Waals surface area contributed by atoms with Gasteiger partial charge in [-0.05, 0) is 36.8 Å². The van der Waals surface area contributed by atoms with Crippen LogP contribution in [0.4, 0.5) is 11.4 Å². The molecule has 0 saturated carbocycles. The highest BCUT2D eigenvalue weighted by atomic mass is 16.5. The predicted octanol–water partition coefficient (Wildman–Crippen LogP) is 3.06. The highest BCUT2D eigenvalue weighted by Crippen LogP contribution is 2.28. The van der Waals surface area contributed by atoms with Crippen LogP contribution in [0.25, 0.3) is 0 Å². The molecule has 0 spiro atoms. The summed E-state index contributed by atoms with van der Waals surface area (Å²) < 4.78 is 5.32. The summed E-state index contributed by atoms with van der Waals surface area (Å²) in [5.41, 5.74) is 3.12. The summed E-state index contributed by atoms with van der Waals surface area (Å²) in [6, 6.07) is 9.35. The molecule has 0 radical (unpaired) electrons. The number of amides is 1. The summed E-state index contributed by atoms with van der Waals surface area (Å²) in [4.78, 5) is 15.9. The average molecular weight is 297 g/mol. The molecule has 0 saturated heterocycles. The predicted molar refractivity (Wildman–Crippen MR) is 87.8 cm³/mol. The van der Waals surface area contributed by atoms with Crippen LogP contribution in [0.5, 0.6) is 5.75 Å². The number of rotatable bonds is 6. The summed E-state index contributed by atoms with van der Waals surface area (Å²) in [6.07, 6.45) is 3.24. The van der Waals surface area contributed by atoms with Crippen LogP contribution >= 0.6 is 0 Å². The highest BCUT2D eigenvalue weighted by molar-refractivity contribution is 5.92. The molecule has 5 heteroatoms. The number of carbonyl (C=O) groups is 1. The van der Waals surface area contributed by atoms with Crippen LogP contribution < -0.4 is 15.4 Å². The van der Waals surface area contributed by atoms with Gasteiger partial charge in [0.25, 0.3) is 5.91 Å². The molecule has 2 N–H and O–H groups in total. The second-order valence-electron chi connectivity index (χ2n) is 4.76. The van der Waals surface area contributed by atoms with Gasteiger partial charge in [-0.15, -0.1) is 6.58 Å². The van der Waals surface area contributed by atoms with E-state index in [1.165, 1.54) is 0 Å².